The molecule has 8 aromatic rings. The molecule has 0 spiro atoms. The third-order valence-corrected chi connectivity index (χ3v) is 11.6. The number of aromatic nitrogens is 2. The van der Waals surface area contributed by atoms with Gasteiger partial charge in [-0.15, -0.1) is 35.2 Å². The smallest absolute Gasteiger partial charge is 0.135 e. The van der Waals surface area contributed by atoms with E-state index in [1.807, 2.05) is 12.3 Å². The van der Waals surface area contributed by atoms with Crippen molar-refractivity contribution in [3.05, 3.63) is 175 Å². The Morgan fingerprint density at radius 3 is 2.12 bits per heavy atom. The van der Waals surface area contributed by atoms with Crippen LogP contribution in [0.15, 0.2) is 140 Å². The molecule has 1 aliphatic heterocycles. The third kappa shape index (κ3) is 7.19. The summed E-state index contributed by atoms with van der Waals surface area (Å²) in [6.45, 7) is 18.1. The standard InChI is InChI=1S/C53H50N4O.Pt/c1-35(2)43-20-16-21-44(36(3)4)52(43)37-29-40(57(8)34-55(39-17-10-9-11-18-39)48-23-14-15-24-50(48)57)32-42(30-37)58-41-25-26-46-45-19-12-13-22-47(45)56(49(46)33-41)51-31-38(27-28-54-51)53(5,6)7;/h9-31,34-36H,1-8H3;/q-2;. The first-order valence-electron chi connectivity index (χ1n) is 20.4. The summed E-state index contributed by atoms with van der Waals surface area (Å²) in [5.41, 5.74) is 12.6. The molecule has 3 heterocycles. The van der Waals surface area contributed by atoms with E-state index >= 15 is 0 Å². The molecule has 0 saturated heterocycles. The second-order valence-corrected chi connectivity index (χ2v) is 17.3. The molecule has 300 valence electrons. The molecule has 5 nitrogen and oxygen atoms in total. The Bertz CT molecular complexity index is 2790. The zero-order chi connectivity index (χ0) is 40.3. The second kappa shape index (κ2) is 15.6. The number of para-hydroxylation sites is 4. The number of ether oxygens (including phenoxy) is 1. The summed E-state index contributed by atoms with van der Waals surface area (Å²) in [5, 5.41) is 2.24. The van der Waals surface area contributed by atoms with Crippen molar-refractivity contribution in [2.45, 2.75) is 65.7 Å². The van der Waals surface area contributed by atoms with Gasteiger partial charge in [-0.3, -0.25) is 0 Å². The molecule has 59 heavy (non-hydrogen) atoms. The summed E-state index contributed by atoms with van der Waals surface area (Å²) in [7, 11) is 2.24. The van der Waals surface area contributed by atoms with E-state index in [4.69, 9.17) is 9.72 Å². The Balaban J connectivity index is 0.00000484. The fourth-order valence-electron chi connectivity index (χ4n) is 8.56. The molecule has 0 fully saturated rings. The van der Waals surface area contributed by atoms with Crippen LogP contribution >= 0.6 is 0 Å². The van der Waals surface area contributed by atoms with Gasteiger partial charge in [0.2, 0.25) is 0 Å². The zero-order valence-corrected chi connectivity index (χ0v) is 37.3. The van der Waals surface area contributed by atoms with Crippen molar-refractivity contribution in [2.24, 2.45) is 0 Å². The molecule has 6 heteroatoms. The molecule has 6 aromatic carbocycles. The minimum atomic E-state index is -0.0266. The van der Waals surface area contributed by atoms with Crippen molar-refractivity contribution >= 4 is 44.6 Å². The number of nitrogens with zero attached hydrogens (tertiary/aromatic N) is 4. The van der Waals surface area contributed by atoms with Crippen LogP contribution in [0.4, 0.5) is 22.7 Å². The fraction of sp³-hybridized carbons (Fsp3) is 0.208. The predicted molar refractivity (Wildman–Crippen MR) is 242 cm³/mol. The largest absolute Gasteiger partial charge is 0.509 e. The number of benzene rings is 6. The molecule has 2 aromatic heterocycles. The number of quaternary nitrogens is 1. The Hall–Kier alpha value is -5.48. The summed E-state index contributed by atoms with van der Waals surface area (Å²) in [6, 6.07) is 55.0. The molecule has 0 aliphatic carbocycles. The van der Waals surface area contributed by atoms with Crippen molar-refractivity contribution in [3.63, 3.8) is 0 Å². The van der Waals surface area contributed by atoms with Crippen LogP contribution < -0.4 is 14.1 Å². The van der Waals surface area contributed by atoms with Crippen LogP contribution in [0.3, 0.4) is 0 Å². The number of hydrogen-bond donors (Lipinski definition) is 0. The SMILES string of the molecule is CC(C)c1cccc(C(C)C)c1-c1cc(Oc2[c-]c3c(cc2)c2ccccc2n3-c2cc(C(C)(C)C)ccn2)[c-]c([N+]2(C)[CH-]N(c3ccccc3)c3ccccc32)c1.[Pt]. The fourth-order valence-corrected chi connectivity index (χ4v) is 8.56. The summed E-state index contributed by atoms with van der Waals surface area (Å²) in [4.78, 5) is 7.19. The minimum Gasteiger partial charge on any atom is -0.509 e. The maximum Gasteiger partial charge on any atom is 0.135 e. The van der Waals surface area contributed by atoms with Crippen LogP contribution in [0.25, 0.3) is 38.8 Å². The topological polar surface area (TPSA) is 30.3 Å². The van der Waals surface area contributed by atoms with Crippen molar-refractivity contribution in [3.8, 4) is 28.4 Å². The van der Waals surface area contributed by atoms with E-state index in [9.17, 15) is 0 Å². The molecule has 0 bridgehead atoms. The van der Waals surface area contributed by atoms with Crippen LogP contribution in [0, 0.1) is 18.8 Å². The normalized spacial score (nSPS) is 15.3. The van der Waals surface area contributed by atoms with Crippen molar-refractivity contribution in [2.75, 3.05) is 11.9 Å². The molecule has 1 unspecified atom stereocenters. The number of hydrogen-bond acceptors (Lipinski definition) is 3. The minimum absolute atomic E-state index is 0. The first-order valence-corrected chi connectivity index (χ1v) is 20.4. The summed E-state index contributed by atoms with van der Waals surface area (Å²) >= 11 is 0. The van der Waals surface area contributed by atoms with Crippen molar-refractivity contribution in [1.29, 1.82) is 0 Å². The van der Waals surface area contributed by atoms with Gasteiger partial charge in [0.1, 0.15) is 11.5 Å². The maximum absolute atomic E-state index is 6.98. The molecule has 0 amide bonds. The zero-order valence-electron chi connectivity index (χ0n) is 35.0. The van der Waals surface area contributed by atoms with Gasteiger partial charge in [0, 0.05) is 55.7 Å². The Kier molecular flexibility index (Phi) is 10.7. The Morgan fingerprint density at radius 1 is 0.695 bits per heavy atom. The van der Waals surface area contributed by atoms with Gasteiger partial charge in [-0.05, 0) is 94.0 Å². The van der Waals surface area contributed by atoms with Gasteiger partial charge in [-0.2, -0.15) is 6.07 Å². The van der Waals surface area contributed by atoms with E-state index in [-0.39, 0.29) is 26.5 Å². The van der Waals surface area contributed by atoms with Crippen LogP contribution in [-0.2, 0) is 26.5 Å². The van der Waals surface area contributed by atoms with E-state index in [2.05, 4.69) is 211 Å². The van der Waals surface area contributed by atoms with E-state index in [1.54, 1.807) is 0 Å². The van der Waals surface area contributed by atoms with Gasteiger partial charge in [0.25, 0.3) is 0 Å². The Morgan fingerprint density at radius 2 is 1.39 bits per heavy atom. The summed E-state index contributed by atoms with van der Waals surface area (Å²) < 4.78 is 9.60. The van der Waals surface area contributed by atoms with Gasteiger partial charge < -0.3 is 18.7 Å². The molecule has 0 N–H and O–H groups in total. The van der Waals surface area contributed by atoms with Gasteiger partial charge in [0.15, 0.2) is 0 Å². The number of pyridine rings is 1. The molecule has 0 saturated carbocycles. The van der Waals surface area contributed by atoms with Crippen LogP contribution in [0.1, 0.15) is 77.0 Å². The predicted octanol–water partition coefficient (Wildman–Crippen LogP) is 14.3. The van der Waals surface area contributed by atoms with Gasteiger partial charge in [0.05, 0.1) is 12.7 Å². The number of fused-ring (bicyclic) bond motifs is 4. The van der Waals surface area contributed by atoms with E-state index in [0.717, 1.165) is 55.9 Å². The average molecular weight is 954 g/mol. The van der Waals surface area contributed by atoms with Crippen LogP contribution in [-0.4, -0.2) is 16.6 Å². The number of anilines is 2. The molecule has 1 aliphatic rings. The van der Waals surface area contributed by atoms with E-state index < -0.39 is 0 Å². The molecule has 1 atom stereocenters. The first-order chi connectivity index (χ1) is 27.9. The van der Waals surface area contributed by atoms with Gasteiger partial charge in [-0.25, -0.2) is 4.98 Å². The third-order valence-electron chi connectivity index (χ3n) is 11.6. The first kappa shape index (κ1) is 40.3. The van der Waals surface area contributed by atoms with Crippen molar-refractivity contribution in [1.82, 2.24) is 14.0 Å². The van der Waals surface area contributed by atoms with E-state index in [1.165, 1.54) is 22.3 Å². The van der Waals surface area contributed by atoms with Crippen LogP contribution in [0.2, 0.25) is 0 Å². The Labute approximate surface area is 363 Å². The molecular formula is C53H50N4OPt-2. The van der Waals surface area contributed by atoms with Gasteiger partial charge in [-0.1, -0.05) is 127 Å². The summed E-state index contributed by atoms with van der Waals surface area (Å²) in [6.07, 6.45) is 1.91. The maximum atomic E-state index is 6.98. The number of rotatable bonds is 8. The molecular weight excluding hydrogens is 904 g/mol. The second-order valence-electron chi connectivity index (χ2n) is 17.3. The van der Waals surface area contributed by atoms with E-state index in [0.29, 0.717) is 27.8 Å². The van der Waals surface area contributed by atoms with Crippen LogP contribution in [0.5, 0.6) is 11.5 Å². The molecule has 9 rings (SSSR count). The average Bonchev–Trinajstić information content (AvgIpc) is 3.72. The van der Waals surface area contributed by atoms with Crippen molar-refractivity contribution < 1.29 is 25.8 Å². The van der Waals surface area contributed by atoms with Gasteiger partial charge >= 0.3 is 0 Å². The monoisotopic (exact) mass is 953 g/mol. The quantitative estimate of drug-likeness (QED) is 0.112. The summed E-state index contributed by atoms with van der Waals surface area (Å²) in [5.74, 6) is 2.76. The molecule has 0 radical (unpaired) electrons.